The summed E-state index contributed by atoms with van der Waals surface area (Å²) in [7, 11) is -1.52. The molecule has 11 heteroatoms. The Morgan fingerprint density at radius 2 is 1.91 bits per heavy atom. The van der Waals surface area contributed by atoms with E-state index >= 15 is 0 Å². The maximum Gasteiger partial charge on any atom is 0.407 e. The van der Waals surface area contributed by atoms with Crippen molar-refractivity contribution < 1.29 is 27.5 Å². The molecular formula is C21H29N3O6S2. The Hall–Kier alpha value is -2.27. The first-order chi connectivity index (χ1) is 15.0. The second kappa shape index (κ2) is 9.70. The van der Waals surface area contributed by atoms with Gasteiger partial charge >= 0.3 is 6.09 Å². The molecule has 0 radical (unpaired) electrons. The molecule has 32 heavy (non-hydrogen) atoms. The smallest absolute Gasteiger partial charge is 0.407 e. The van der Waals surface area contributed by atoms with Gasteiger partial charge in [0.1, 0.15) is 11.4 Å². The molecule has 2 aliphatic heterocycles. The number of nitrogens with one attached hydrogen (secondary N) is 1. The summed E-state index contributed by atoms with van der Waals surface area (Å²) in [5.74, 6) is 0.474. The van der Waals surface area contributed by atoms with Gasteiger partial charge in [-0.05, 0) is 38.5 Å². The van der Waals surface area contributed by atoms with Crippen LogP contribution in [-0.4, -0.2) is 72.5 Å². The Labute approximate surface area is 192 Å². The molecule has 2 amide bonds. The number of benzene rings is 1. The van der Waals surface area contributed by atoms with Crippen LogP contribution in [0, 0.1) is 0 Å². The Balaban J connectivity index is 1.66. The van der Waals surface area contributed by atoms with Gasteiger partial charge in [-0.3, -0.25) is 4.79 Å². The van der Waals surface area contributed by atoms with Gasteiger partial charge in [0.2, 0.25) is 5.91 Å². The number of amidine groups is 1. The van der Waals surface area contributed by atoms with Gasteiger partial charge in [-0.25, -0.2) is 13.2 Å². The number of hydrogen-bond donors (Lipinski definition) is 1. The lowest BCUT2D eigenvalue weighted by Crippen LogP contribution is -2.37. The first kappa shape index (κ1) is 24.4. The van der Waals surface area contributed by atoms with Crippen LogP contribution in [0.3, 0.4) is 0 Å². The summed E-state index contributed by atoms with van der Waals surface area (Å²) in [4.78, 5) is 30.3. The molecule has 2 saturated heterocycles. The van der Waals surface area contributed by atoms with Gasteiger partial charge in [0.05, 0.1) is 24.7 Å². The predicted molar refractivity (Wildman–Crippen MR) is 124 cm³/mol. The third-order valence-corrected chi connectivity index (χ3v) is 8.16. The van der Waals surface area contributed by atoms with Gasteiger partial charge in [-0.15, -0.1) is 0 Å². The van der Waals surface area contributed by atoms with Crippen LogP contribution < -0.4 is 10.1 Å². The van der Waals surface area contributed by atoms with Crippen molar-refractivity contribution in [2.24, 2.45) is 4.99 Å². The second-order valence-electron chi connectivity index (χ2n) is 8.74. The van der Waals surface area contributed by atoms with Crippen molar-refractivity contribution in [2.75, 3.05) is 25.2 Å². The molecule has 176 valence electrons. The van der Waals surface area contributed by atoms with Crippen molar-refractivity contribution in [3.63, 3.8) is 0 Å². The average molecular weight is 484 g/mol. The van der Waals surface area contributed by atoms with Gasteiger partial charge in [0, 0.05) is 24.8 Å². The lowest BCUT2D eigenvalue weighted by molar-refractivity contribution is -0.117. The maximum absolute atomic E-state index is 12.4. The zero-order chi connectivity index (χ0) is 23.5. The van der Waals surface area contributed by atoms with Crippen LogP contribution in [0.2, 0.25) is 0 Å². The van der Waals surface area contributed by atoms with Gasteiger partial charge in [0.25, 0.3) is 0 Å². The normalized spacial score (nSPS) is 23.1. The largest absolute Gasteiger partial charge is 0.497 e. The second-order valence-corrected chi connectivity index (χ2v) is 12.1. The Morgan fingerprint density at radius 1 is 1.22 bits per heavy atom. The van der Waals surface area contributed by atoms with Crippen LogP contribution in [0.25, 0.3) is 0 Å². The number of sulfone groups is 1. The highest BCUT2D eigenvalue weighted by Gasteiger charge is 2.48. The van der Waals surface area contributed by atoms with E-state index in [0.717, 1.165) is 11.3 Å². The van der Waals surface area contributed by atoms with Crippen LogP contribution in [0.15, 0.2) is 29.3 Å². The van der Waals surface area contributed by atoms with E-state index in [1.54, 1.807) is 27.9 Å². The zero-order valence-corrected chi connectivity index (χ0v) is 20.3. The Morgan fingerprint density at radius 3 is 2.53 bits per heavy atom. The van der Waals surface area contributed by atoms with Crippen molar-refractivity contribution in [1.82, 2.24) is 10.2 Å². The molecule has 3 rings (SSSR count). The highest BCUT2D eigenvalue weighted by Crippen LogP contribution is 2.39. The summed E-state index contributed by atoms with van der Waals surface area (Å²) in [5, 5.41) is 2.92. The molecule has 0 aromatic heterocycles. The molecule has 1 aromatic rings. The number of aliphatic imine (C=N–C) groups is 1. The van der Waals surface area contributed by atoms with Crippen molar-refractivity contribution >= 4 is 38.8 Å². The number of methoxy groups -OCH3 is 1. The summed E-state index contributed by atoms with van der Waals surface area (Å²) in [6.07, 6.45) is -0.568. The predicted octanol–water partition coefficient (Wildman–Crippen LogP) is 2.21. The van der Waals surface area contributed by atoms with E-state index in [9.17, 15) is 18.0 Å². The number of fused-ring (bicyclic) bond motifs is 1. The van der Waals surface area contributed by atoms with Crippen molar-refractivity contribution in [3.8, 4) is 5.75 Å². The van der Waals surface area contributed by atoms with Gasteiger partial charge in [-0.2, -0.15) is 4.99 Å². The number of thioether (sulfide) groups is 1. The summed E-state index contributed by atoms with van der Waals surface area (Å²) < 4.78 is 34.6. The molecule has 0 spiro atoms. The molecule has 2 aliphatic rings. The summed E-state index contributed by atoms with van der Waals surface area (Å²) in [6.45, 7) is 5.82. The van der Waals surface area contributed by atoms with E-state index in [-0.39, 0.29) is 41.7 Å². The minimum atomic E-state index is -3.12. The van der Waals surface area contributed by atoms with Crippen LogP contribution in [0.4, 0.5) is 4.79 Å². The van der Waals surface area contributed by atoms with E-state index in [1.165, 1.54) is 11.8 Å². The number of carbonyl (C=O) groups is 2. The van der Waals surface area contributed by atoms with Gasteiger partial charge in [0.15, 0.2) is 15.0 Å². The number of rotatable bonds is 6. The summed E-state index contributed by atoms with van der Waals surface area (Å²) in [6, 6.07) is 7.27. The molecule has 9 nitrogen and oxygen atoms in total. The molecule has 1 aromatic carbocycles. The fourth-order valence-electron chi connectivity index (χ4n) is 3.50. The zero-order valence-electron chi connectivity index (χ0n) is 18.7. The third kappa shape index (κ3) is 6.61. The minimum absolute atomic E-state index is 0.0211. The number of carbonyl (C=O) groups excluding carboxylic acids is 2. The molecule has 2 heterocycles. The van der Waals surface area contributed by atoms with Crippen LogP contribution in [-0.2, 0) is 25.9 Å². The number of nitrogens with zero attached hydrogens (tertiary/aromatic N) is 2. The van der Waals surface area contributed by atoms with Crippen LogP contribution in [0.5, 0.6) is 5.75 Å². The molecular weight excluding hydrogens is 454 g/mol. The fraction of sp³-hybridized carbons (Fsp3) is 0.571. The van der Waals surface area contributed by atoms with Crippen molar-refractivity contribution in [1.29, 1.82) is 0 Å². The van der Waals surface area contributed by atoms with E-state index in [2.05, 4.69) is 10.3 Å². The lowest BCUT2D eigenvalue weighted by atomic mass is 10.1. The Kier molecular flexibility index (Phi) is 7.39. The molecule has 2 atom stereocenters. The summed E-state index contributed by atoms with van der Waals surface area (Å²) >= 11 is 1.33. The maximum atomic E-state index is 12.4. The van der Waals surface area contributed by atoms with Crippen molar-refractivity contribution in [3.05, 3.63) is 29.8 Å². The van der Waals surface area contributed by atoms with Crippen LogP contribution in [0.1, 0.15) is 32.8 Å². The lowest BCUT2D eigenvalue weighted by Gasteiger charge is -2.24. The van der Waals surface area contributed by atoms with E-state index < -0.39 is 21.5 Å². The number of amides is 2. The summed E-state index contributed by atoms with van der Waals surface area (Å²) in [5.41, 5.74) is 0.345. The fourth-order valence-corrected chi connectivity index (χ4v) is 7.46. The Bertz CT molecular complexity index is 986. The first-order valence-corrected chi connectivity index (χ1v) is 13.0. The first-order valence-electron chi connectivity index (χ1n) is 10.3. The standard InChI is InChI=1S/C21H29N3O6S2/c1-21(2,3)30-20(26)22-10-9-18(25)23-19-24(11-14-5-7-15(29-4)8-6-14)16-12-32(27,28)13-17(16)31-19/h5-8,16-17H,9-13H2,1-4H3,(H,22,26)/t16-,17-/m0/s1. The average Bonchev–Trinajstić information content (AvgIpc) is 3.13. The van der Waals surface area contributed by atoms with Gasteiger partial charge < -0.3 is 19.7 Å². The molecule has 1 N–H and O–H groups in total. The number of alkyl carbamates (subject to hydrolysis) is 1. The molecule has 0 bridgehead atoms. The monoisotopic (exact) mass is 483 g/mol. The topological polar surface area (TPSA) is 114 Å². The highest BCUT2D eigenvalue weighted by molar-refractivity contribution is 8.15. The third-order valence-electron chi connectivity index (χ3n) is 4.91. The van der Waals surface area contributed by atoms with Crippen LogP contribution >= 0.6 is 11.8 Å². The van der Waals surface area contributed by atoms with Crippen molar-refractivity contribution in [2.45, 2.75) is 50.6 Å². The molecule has 0 aliphatic carbocycles. The van der Waals surface area contributed by atoms with E-state index in [0.29, 0.717) is 11.7 Å². The SMILES string of the molecule is COc1ccc(CN2C(=NC(=O)CCNC(=O)OC(C)(C)C)S[C@H]3CS(=O)(=O)C[C@@H]32)cc1. The highest BCUT2D eigenvalue weighted by atomic mass is 32.2. The number of ether oxygens (including phenoxy) is 2. The van der Waals surface area contributed by atoms with Gasteiger partial charge in [-0.1, -0.05) is 23.9 Å². The van der Waals surface area contributed by atoms with E-state index in [1.807, 2.05) is 29.2 Å². The molecule has 2 fully saturated rings. The number of hydrogen-bond acceptors (Lipinski definition) is 7. The quantitative estimate of drug-likeness (QED) is 0.655. The minimum Gasteiger partial charge on any atom is -0.497 e. The molecule has 0 unspecified atom stereocenters. The molecule has 0 saturated carbocycles. The van der Waals surface area contributed by atoms with E-state index in [4.69, 9.17) is 9.47 Å².